The van der Waals surface area contributed by atoms with Gasteiger partial charge in [0.2, 0.25) is 5.95 Å². The molecular formula is C15H19N3O2S. The van der Waals surface area contributed by atoms with E-state index in [1.807, 2.05) is 17.8 Å². The molecule has 1 amide bonds. The number of amides is 1. The summed E-state index contributed by atoms with van der Waals surface area (Å²) < 4.78 is 0. The van der Waals surface area contributed by atoms with Crippen LogP contribution in [0.2, 0.25) is 0 Å². The number of hydrogen-bond donors (Lipinski definition) is 2. The molecule has 2 N–H and O–H groups in total. The molecule has 2 aromatic rings. The second-order valence-corrected chi connectivity index (χ2v) is 6.83. The van der Waals surface area contributed by atoms with Gasteiger partial charge < -0.3 is 10.1 Å². The molecule has 0 radical (unpaired) electrons. The van der Waals surface area contributed by atoms with Crippen molar-refractivity contribution in [1.82, 2.24) is 9.97 Å². The molecule has 0 aliphatic heterocycles. The molecule has 5 nitrogen and oxygen atoms in total. The van der Waals surface area contributed by atoms with Crippen LogP contribution in [-0.2, 0) is 0 Å². The van der Waals surface area contributed by atoms with E-state index in [2.05, 4.69) is 22.1 Å². The van der Waals surface area contributed by atoms with E-state index in [0.29, 0.717) is 11.2 Å². The van der Waals surface area contributed by atoms with E-state index >= 15 is 0 Å². The van der Waals surface area contributed by atoms with E-state index in [-0.39, 0.29) is 0 Å². The molecule has 21 heavy (non-hydrogen) atoms. The smallest absolute Gasteiger partial charge is 0.413 e. The van der Waals surface area contributed by atoms with Crippen LogP contribution in [0.4, 0.5) is 10.7 Å². The zero-order chi connectivity index (χ0) is 14.8. The predicted molar refractivity (Wildman–Crippen MR) is 85.3 cm³/mol. The van der Waals surface area contributed by atoms with Gasteiger partial charge >= 0.3 is 6.09 Å². The van der Waals surface area contributed by atoms with Crippen molar-refractivity contribution in [1.29, 1.82) is 0 Å². The number of nitrogens with zero attached hydrogens (tertiary/aromatic N) is 2. The lowest BCUT2D eigenvalue weighted by Gasteiger charge is -2.20. The zero-order valence-electron chi connectivity index (χ0n) is 12.0. The Labute approximate surface area is 127 Å². The molecule has 1 fully saturated rings. The Morgan fingerprint density at radius 1 is 1.38 bits per heavy atom. The number of aromatic amines is 1. The van der Waals surface area contributed by atoms with Gasteiger partial charge in [-0.05, 0) is 31.0 Å². The van der Waals surface area contributed by atoms with Crippen molar-refractivity contribution in [3.63, 3.8) is 0 Å². The van der Waals surface area contributed by atoms with Crippen LogP contribution < -0.4 is 4.90 Å². The first-order chi connectivity index (χ1) is 10.1. The van der Waals surface area contributed by atoms with E-state index < -0.39 is 6.09 Å². The normalized spacial score (nSPS) is 16.2. The van der Waals surface area contributed by atoms with Crippen LogP contribution in [0.5, 0.6) is 0 Å². The molecule has 3 rings (SSSR count). The van der Waals surface area contributed by atoms with Gasteiger partial charge in [-0.15, -0.1) is 11.8 Å². The number of benzene rings is 1. The van der Waals surface area contributed by atoms with Crippen molar-refractivity contribution in [2.75, 3.05) is 11.9 Å². The summed E-state index contributed by atoms with van der Waals surface area (Å²) in [4.78, 5) is 20.7. The standard InChI is InChI=1S/C15H19N3O2S/c1-18(15(19)20)14-16-12-8-7-11(9-13(12)17-14)21-10-5-3-2-4-6-10/h7-10H,2-6H2,1H3,(H,16,17)(H,19,20). The first-order valence-electron chi connectivity index (χ1n) is 7.26. The molecule has 1 saturated carbocycles. The van der Waals surface area contributed by atoms with Crippen molar-refractivity contribution in [2.45, 2.75) is 42.2 Å². The third-order valence-electron chi connectivity index (χ3n) is 3.90. The quantitative estimate of drug-likeness (QED) is 0.895. The number of H-pyrrole nitrogens is 1. The number of thioether (sulfide) groups is 1. The van der Waals surface area contributed by atoms with Gasteiger partial charge in [-0.2, -0.15) is 0 Å². The Morgan fingerprint density at radius 3 is 2.86 bits per heavy atom. The highest BCUT2D eigenvalue weighted by Gasteiger charge is 2.16. The van der Waals surface area contributed by atoms with Crippen molar-refractivity contribution < 1.29 is 9.90 Å². The number of carboxylic acid groups (broad SMARTS) is 1. The highest BCUT2D eigenvalue weighted by molar-refractivity contribution is 8.00. The van der Waals surface area contributed by atoms with E-state index in [1.165, 1.54) is 44.0 Å². The van der Waals surface area contributed by atoms with Gasteiger partial charge in [-0.25, -0.2) is 9.78 Å². The molecule has 0 atom stereocenters. The monoisotopic (exact) mass is 305 g/mol. The minimum absolute atomic E-state index is 0.359. The van der Waals surface area contributed by atoms with E-state index in [0.717, 1.165) is 15.9 Å². The van der Waals surface area contributed by atoms with Gasteiger partial charge in [-0.3, -0.25) is 4.90 Å². The van der Waals surface area contributed by atoms with Gasteiger partial charge in [0, 0.05) is 17.2 Å². The number of imidazole rings is 1. The number of fused-ring (bicyclic) bond motifs is 1. The maximum Gasteiger partial charge on any atom is 0.413 e. The van der Waals surface area contributed by atoms with Crippen molar-refractivity contribution in [2.24, 2.45) is 0 Å². The molecule has 0 bridgehead atoms. The minimum atomic E-state index is -1.02. The maximum absolute atomic E-state index is 11.0. The predicted octanol–water partition coefficient (Wildman–Crippen LogP) is 4.10. The van der Waals surface area contributed by atoms with Crippen LogP contribution in [0.3, 0.4) is 0 Å². The number of rotatable bonds is 3. The molecule has 112 valence electrons. The first-order valence-corrected chi connectivity index (χ1v) is 8.14. The maximum atomic E-state index is 11.0. The third-order valence-corrected chi connectivity index (χ3v) is 5.23. The van der Waals surface area contributed by atoms with Crippen LogP contribution in [-0.4, -0.2) is 33.5 Å². The Kier molecular flexibility index (Phi) is 4.05. The molecule has 1 aromatic carbocycles. The average Bonchev–Trinajstić information content (AvgIpc) is 2.90. The van der Waals surface area contributed by atoms with E-state index in [9.17, 15) is 4.79 Å². The molecule has 0 saturated heterocycles. The molecule has 0 spiro atoms. The molecule has 1 heterocycles. The summed E-state index contributed by atoms with van der Waals surface area (Å²) in [7, 11) is 1.48. The fourth-order valence-corrected chi connectivity index (χ4v) is 3.96. The van der Waals surface area contributed by atoms with Crippen LogP contribution >= 0.6 is 11.8 Å². The fraction of sp³-hybridized carbons (Fsp3) is 0.467. The number of nitrogens with one attached hydrogen (secondary N) is 1. The highest BCUT2D eigenvalue weighted by atomic mass is 32.2. The van der Waals surface area contributed by atoms with Crippen LogP contribution in [0.1, 0.15) is 32.1 Å². The molecule has 1 aliphatic rings. The first kappa shape index (κ1) is 14.3. The number of hydrogen-bond acceptors (Lipinski definition) is 3. The van der Waals surface area contributed by atoms with Gasteiger partial charge in [0.15, 0.2) is 0 Å². The number of aromatic nitrogens is 2. The molecule has 1 aromatic heterocycles. The fourth-order valence-electron chi connectivity index (χ4n) is 2.67. The molecular weight excluding hydrogens is 286 g/mol. The average molecular weight is 305 g/mol. The highest BCUT2D eigenvalue weighted by Crippen LogP contribution is 2.34. The Balaban J connectivity index is 1.80. The number of carbonyl (C=O) groups is 1. The lowest BCUT2D eigenvalue weighted by molar-refractivity contribution is 0.203. The van der Waals surface area contributed by atoms with Crippen LogP contribution in [0.25, 0.3) is 11.0 Å². The lowest BCUT2D eigenvalue weighted by Crippen LogP contribution is -2.24. The minimum Gasteiger partial charge on any atom is -0.465 e. The summed E-state index contributed by atoms with van der Waals surface area (Å²) in [6, 6.07) is 6.10. The number of anilines is 1. The van der Waals surface area contributed by atoms with Gasteiger partial charge in [-0.1, -0.05) is 19.3 Å². The summed E-state index contributed by atoms with van der Waals surface area (Å²) >= 11 is 1.93. The largest absolute Gasteiger partial charge is 0.465 e. The van der Waals surface area contributed by atoms with Crippen molar-refractivity contribution >= 4 is 34.8 Å². The van der Waals surface area contributed by atoms with Crippen LogP contribution in [0, 0.1) is 0 Å². The van der Waals surface area contributed by atoms with Crippen LogP contribution in [0.15, 0.2) is 23.1 Å². The molecule has 0 unspecified atom stereocenters. The zero-order valence-corrected chi connectivity index (χ0v) is 12.8. The van der Waals surface area contributed by atoms with E-state index in [1.54, 1.807) is 0 Å². The second kappa shape index (κ2) is 5.97. The Bertz CT molecular complexity index is 649. The topological polar surface area (TPSA) is 69.2 Å². The SMILES string of the molecule is CN(C(=O)O)c1nc2ccc(SC3CCCCC3)cc2[nH]1. The van der Waals surface area contributed by atoms with Gasteiger partial charge in [0.1, 0.15) is 0 Å². The van der Waals surface area contributed by atoms with Gasteiger partial charge in [0.05, 0.1) is 11.0 Å². The Hall–Kier alpha value is -1.69. The van der Waals surface area contributed by atoms with Crippen molar-refractivity contribution in [3.05, 3.63) is 18.2 Å². The van der Waals surface area contributed by atoms with Crippen molar-refractivity contribution in [3.8, 4) is 0 Å². The summed E-state index contributed by atoms with van der Waals surface area (Å²) in [6.07, 6.45) is 5.58. The summed E-state index contributed by atoms with van der Waals surface area (Å²) in [5.41, 5.74) is 1.69. The molecule has 6 heteroatoms. The summed E-state index contributed by atoms with van der Waals surface area (Å²) in [5, 5.41) is 9.70. The molecule has 1 aliphatic carbocycles. The summed E-state index contributed by atoms with van der Waals surface area (Å²) in [5.74, 6) is 0.359. The summed E-state index contributed by atoms with van der Waals surface area (Å²) in [6.45, 7) is 0. The van der Waals surface area contributed by atoms with E-state index in [4.69, 9.17) is 5.11 Å². The van der Waals surface area contributed by atoms with Gasteiger partial charge in [0.25, 0.3) is 0 Å². The lowest BCUT2D eigenvalue weighted by atomic mass is 10.0. The third kappa shape index (κ3) is 3.15. The second-order valence-electron chi connectivity index (χ2n) is 5.46. The Morgan fingerprint density at radius 2 is 2.14 bits per heavy atom.